The van der Waals surface area contributed by atoms with Gasteiger partial charge in [0.25, 0.3) is 0 Å². The molecule has 0 spiro atoms. The highest BCUT2D eigenvalue weighted by Gasteiger charge is 2.38. The highest BCUT2D eigenvalue weighted by Crippen LogP contribution is 2.35. The second-order valence-electron chi connectivity index (χ2n) is 8.16. The summed E-state index contributed by atoms with van der Waals surface area (Å²) in [4.78, 5) is 32.0. The highest BCUT2D eigenvalue weighted by atomic mass is 32.2. The van der Waals surface area contributed by atoms with Gasteiger partial charge in [0.15, 0.2) is 5.17 Å². The summed E-state index contributed by atoms with van der Waals surface area (Å²) >= 11 is 1.36. The SMILES string of the molecule is CCN1C(=O)C(CC(=O)Nc2ccccc2)SC1=Nc1ccc2c(c1)c1ccccc1n2CC. The van der Waals surface area contributed by atoms with Crippen molar-refractivity contribution in [2.24, 2.45) is 4.99 Å². The molecule has 3 aromatic carbocycles. The predicted molar refractivity (Wildman–Crippen MR) is 141 cm³/mol. The van der Waals surface area contributed by atoms with Crippen molar-refractivity contribution >= 4 is 61.9 Å². The van der Waals surface area contributed by atoms with Crippen LogP contribution in [0.15, 0.2) is 77.8 Å². The van der Waals surface area contributed by atoms with Gasteiger partial charge in [-0.3, -0.25) is 14.5 Å². The fraction of sp³-hybridized carbons (Fsp3) is 0.222. The minimum atomic E-state index is -0.479. The number of amidine groups is 1. The number of amides is 2. The van der Waals surface area contributed by atoms with Gasteiger partial charge >= 0.3 is 0 Å². The van der Waals surface area contributed by atoms with E-state index in [1.54, 1.807) is 4.90 Å². The van der Waals surface area contributed by atoms with Crippen molar-refractivity contribution in [3.63, 3.8) is 0 Å². The molecule has 2 amide bonds. The molecule has 1 atom stereocenters. The summed E-state index contributed by atoms with van der Waals surface area (Å²) in [6.07, 6.45) is 0.108. The molecule has 5 rings (SSSR count). The lowest BCUT2D eigenvalue weighted by Gasteiger charge is -2.13. The Morgan fingerprint density at radius 3 is 2.44 bits per heavy atom. The van der Waals surface area contributed by atoms with Crippen LogP contribution in [0.4, 0.5) is 11.4 Å². The van der Waals surface area contributed by atoms with Crippen molar-refractivity contribution in [1.82, 2.24) is 9.47 Å². The van der Waals surface area contributed by atoms with Crippen molar-refractivity contribution in [3.05, 3.63) is 72.8 Å². The molecule has 1 unspecified atom stereocenters. The van der Waals surface area contributed by atoms with E-state index >= 15 is 0 Å². The number of nitrogens with zero attached hydrogens (tertiary/aromatic N) is 3. The number of carbonyl (C=O) groups excluding carboxylic acids is 2. The Labute approximate surface area is 202 Å². The van der Waals surface area contributed by atoms with Crippen molar-refractivity contribution in [1.29, 1.82) is 0 Å². The van der Waals surface area contributed by atoms with Crippen LogP contribution in [0.5, 0.6) is 0 Å². The largest absolute Gasteiger partial charge is 0.341 e. The zero-order valence-electron chi connectivity index (χ0n) is 19.2. The molecule has 1 fully saturated rings. The van der Waals surface area contributed by atoms with Gasteiger partial charge in [-0.15, -0.1) is 0 Å². The molecule has 1 aromatic heterocycles. The molecule has 4 aromatic rings. The monoisotopic (exact) mass is 470 g/mol. The number of hydrogen-bond acceptors (Lipinski definition) is 4. The molecule has 7 heteroatoms. The Bertz CT molecular complexity index is 1410. The summed E-state index contributed by atoms with van der Waals surface area (Å²) in [7, 11) is 0. The molecule has 1 N–H and O–H groups in total. The number of carbonyl (C=O) groups is 2. The zero-order chi connectivity index (χ0) is 23.7. The quantitative estimate of drug-likeness (QED) is 0.388. The molecule has 2 heterocycles. The molecular formula is C27H26N4O2S. The highest BCUT2D eigenvalue weighted by molar-refractivity contribution is 8.15. The second kappa shape index (κ2) is 9.35. The standard InChI is InChI=1S/C27H26N4O2S/c1-3-30-22-13-9-8-12-20(22)21-16-19(14-15-23(21)30)29-27-31(4-2)26(33)24(34-27)17-25(32)28-18-10-6-5-7-11-18/h5-16,24H,3-4,17H2,1-2H3,(H,28,32). The summed E-state index contributed by atoms with van der Waals surface area (Å²) in [5.41, 5.74) is 3.90. The Hall–Kier alpha value is -3.58. The maximum absolute atomic E-state index is 13.0. The first-order chi connectivity index (χ1) is 16.6. The van der Waals surface area contributed by atoms with E-state index in [0.717, 1.165) is 23.3 Å². The molecular weight excluding hydrogens is 444 g/mol. The van der Waals surface area contributed by atoms with Crippen LogP contribution < -0.4 is 5.32 Å². The van der Waals surface area contributed by atoms with Crippen LogP contribution in [0, 0.1) is 0 Å². The molecule has 1 aliphatic heterocycles. The van der Waals surface area contributed by atoms with Gasteiger partial charge in [0, 0.05) is 47.0 Å². The molecule has 0 saturated carbocycles. The van der Waals surface area contributed by atoms with Gasteiger partial charge in [-0.05, 0) is 50.2 Å². The first-order valence-electron chi connectivity index (χ1n) is 11.5. The third-order valence-corrected chi connectivity index (χ3v) is 7.24. The summed E-state index contributed by atoms with van der Waals surface area (Å²) < 4.78 is 2.30. The molecule has 172 valence electrons. The third kappa shape index (κ3) is 4.07. The lowest BCUT2D eigenvalue weighted by Crippen LogP contribution is -2.33. The number of aromatic nitrogens is 1. The Kier molecular flexibility index (Phi) is 6.11. The first kappa shape index (κ1) is 22.2. The van der Waals surface area contributed by atoms with Gasteiger partial charge < -0.3 is 9.88 Å². The van der Waals surface area contributed by atoms with Gasteiger partial charge in [0.2, 0.25) is 11.8 Å². The van der Waals surface area contributed by atoms with E-state index in [4.69, 9.17) is 4.99 Å². The van der Waals surface area contributed by atoms with Crippen LogP contribution in [0.25, 0.3) is 21.8 Å². The van der Waals surface area contributed by atoms with Crippen molar-refractivity contribution in [2.45, 2.75) is 32.1 Å². The second-order valence-corrected chi connectivity index (χ2v) is 9.33. The van der Waals surface area contributed by atoms with Crippen molar-refractivity contribution in [3.8, 4) is 0 Å². The number of hydrogen-bond donors (Lipinski definition) is 1. The molecule has 34 heavy (non-hydrogen) atoms. The molecule has 0 bridgehead atoms. The van der Waals surface area contributed by atoms with Gasteiger partial charge in [0.1, 0.15) is 5.25 Å². The van der Waals surface area contributed by atoms with Gasteiger partial charge in [-0.2, -0.15) is 0 Å². The average Bonchev–Trinajstić information content (AvgIpc) is 3.32. The first-order valence-corrected chi connectivity index (χ1v) is 12.4. The number of anilines is 1. The fourth-order valence-corrected chi connectivity index (χ4v) is 5.70. The number of rotatable bonds is 6. The van der Waals surface area contributed by atoms with E-state index in [1.807, 2.05) is 43.3 Å². The molecule has 6 nitrogen and oxygen atoms in total. The average molecular weight is 471 g/mol. The summed E-state index contributed by atoms with van der Waals surface area (Å²) in [6, 6.07) is 23.8. The number of benzene rings is 3. The number of para-hydroxylation sites is 2. The van der Waals surface area contributed by atoms with Crippen LogP contribution in [-0.2, 0) is 16.1 Å². The van der Waals surface area contributed by atoms with Gasteiger partial charge in [-0.1, -0.05) is 48.2 Å². The lowest BCUT2D eigenvalue weighted by molar-refractivity contribution is -0.128. The van der Waals surface area contributed by atoms with E-state index in [-0.39, 0.29) is 18.2 Å². The third-order valence-electron chi connectivity index (χ3n) is 6.06. The van der Waals surface area contributed by atoms with Crippen LogP contribution in [-0.4, -0.2) is 38.2 Å². The summed E-state index contributed by atoms with van der Waals surface area (Å²) in [5.74, 6) is -0.249. The topological polar surface area (TPSA) is 66.7 Å². The Morgan fingerprint density at radius 2 is 1.68 bits per heavy atom. The minimum absolute atomic E-state index is 0.0712. The normalized spacial score (nSPS) is 17.2. The summed E-state index contributed by atoms with van der Waals surface area (Å²) in [5, 5.41) is 5.37. The number of aryl methyl sites for hydroxylation is 1. The smallest absolute Gasteiger partial charge is 0.242 e. The number of aliphatic imine (C=N–C) groups is 1. The van der Waals surface area contributed by atoms with Crippen LogP contribution in [0.3, 0.4) is 0 Å². The van der Waals surface area contributed by atoms with Crippen LogP contribution in [0.2, 0.25) is 0 Å². The number of nitrogens with one attached hydrogen (secondary N) is 1. The number of thioether (sulfide) groups is 1. The van der Waals surface area contributed by atoms with E-state index in [0.29, 0.717) is 11.7 Å². The van der Waals surface area contributed by atoms with Crippen molar-refractivity contribution < 1.29 is 9.59 Å². The molecule has 0 radical (unpaired) electrons. The van der Waals surface area contributed by atoms with E-state index in [1.165, 1.54) is 28.2 Å². The maximum atomic E-state index is 13.0. The Morgan fingerprint density at radius 1 is 0.941 bits per heavy atom. The molecule has 0 aliphatic carbocycles. The summed E-state index contributed by atoms with van der Waals surface area (Å²) in [6.45, 7) is 5.48. The molecule has 1 saturated heterocycles. The minimum Gasteiger partial charge on any atom is -0.341 e. The van der Waals surface area contributed by atoms with Gasteiger partial charge in [0.05, 0.1) is 5.69 Å². The Balaban J connectivity index is 1.42. The van der Waals surface area contributed by atoms with Crippen LogP contribution >= 0.6 is 11.8 Å². The maximum Gasteiger partial charge on any atom is 0.242 e. The van der Waals surface area contributed by atoms with Gasteiger partial charge in [-0.25, -0.2) is 4.99 Å². The van der Waals surface area contributed by atoms with Crippen molar-refractivity contribution in [2.75, 3.05) is 11.9 Å². The van der Waals surface area contributed by atoms with Crippen LogP contribution in [0.1, 0.15) is 20.3 Å². The predicted octanol–water partition coefficient (Wildman–Crippen LogP) is 5.79. The van der Waals surface area contributed by atoms with E-state index in [9.17, 15) is 9.59 Å². The fourth-order valence-electron chi connectivity index (χ4n) is 4.48. The zero-order valence-corrected chi connectivity index (χ0v) is 20.0. The number of fused-ring (bicyclic) bond motifs is 3. The van der Waals surface area contributed by atoms with E-state index in [2.05, 4.69) is 53.2 Å². The van der Waals surface area contributed by atoms with E-state index < -0.39 is 5.25 Å². The lowest BCUT2D eigenvalue weighted by atomic mass is 10.1. The molecule has 1 aliphatic rings.